The monoisotopic (exact) mass is 545 g/mol. The molecule has 1 aliphatic carbocycles. The Balaban J connectivity index is 1.23. The first-order valence-electron chi connectivity index (χ1n) is 13.9. The van der Waals surface area contributed by atoms with Crippen molar-refractivity contribution in [3.63, 3.8) is 0 Å². The van der Waals surface area contributed by atoms with Crippen LogP contribution in [0.15, 0.2) is 42.5 Å². The number of piperazine rings is 1. The molecule has 0 bridgehead atoms. The normalized spacial score (nSPS) is 16.4. The SMILES string of the molecule is Cc1ccc(-n2nc(C3(C)CC3)cc2NC(=O)Nc2ccc(N3CCN(C(=O)OC(C)(C)C)CC3)nc2C)cc1. The number of pyridine rings is 1. The Bertz CT molecular complexity index is 1400. The summed E-state index contributed by atoms with van der Waals surface area (Å²) in [6.07, 6.45) is 1.90. The quantitative estimate of drug-likeness (QED) is 0.430. The van der Waals surface area contributed by atoms with E-state index in [2.05, 4.69) is 22.5 Å². The van der Waals surface area contributed by atoms with Crippen LogP contribution in [0.25, 0.3) is 5.69 Å². The number of carbonyl (C=O) groups excluding carboxylic acids is 2. The van der Waals surface area contributed by atoms with Crippen LogP contribution in [0.3, 0.4) is 0 Å². The van der Waals surface area contributed by atoms with E-state index in [9.17, 15) is 9.59 Å². The topological polar surface area (TPSA) is 105 Å². The van der Waals surface area contributed by atoms with Gasteiger partial charge in [-0.25, -0.2) is 19.3 Å². The molecule has 0 atom stereocenters. The average Bonchev–Trinajstić information content (AvgIpc) is 3.51. The first kappa shape index (κ1) is 27.5. The maximum atomic E-state index is 13.1. The first-order chi connectivity index (χ1) is 18.9. The van der Waals surface area contributed by atoms with Crippen LogP contribution < -0.4 is 15.5 Å². The van der Waals surface area contributed by atoms with E-state index in [4.69, 9.17) is 14.8 Å². The number of aromatic nitrogens is 3. The number of nitrogens with zero attached hydrogens (tertiary/aromatic N) is 5. The number of anilines is 3. The fraction of sp³-hybridized carbons (Fsp3) is 0.467. The summed E-state index contributed by atoms with van der Waals surface area (Å²) >= 11 is 0. The molecule has 0 radical (unpaired) electrons. The van der Waals surface area contributed by atoms with Crippen molar-refractivity contribution in [3.8, 4) is 5.69 Å². The molecule has 2 N–H and O–H groups in total. The lowest BCUT2D eigenvalue weighted by Gasteiger charge is -2.36. The number of nitrogens with one attached hydrogen (secondary N) is 2. The zero-order chi connectivity index (χ0) is 28.7. The standard InChI is InChI=1S/C30H39N7O3/c1-20-7-9-22(10-8-20)37-26(19-24(34-37)30(6)13-14-30)33-27(38)32-23-11-12-25(31-21(23)2)35-15-17-36(18-16-35)28(39)40-29(3,4)5/h7-12,19H,13-18H2,1-6H3,(H2,32,33,38). The highest BCUT2D eigenvalue weighted by Gasteiger charge is 2.42. The molecule has 40 heavy (non-hydrogen) atoms. The van der Waals surface area contributed by atoms with Crippen LogP contribution in [-0.4, -0.2) is 63.6 Å². The van der Waals surface area contributed by atoms with Crippen LogP contribution in [0.2, 0.25) is 0 Å². The molecule has 1 aromatic carbocycles. The van der Waals surface area contributed by atoms with Gasteiger partial charge in [-0.15, -0.1) is 0 Å². The van der Waals surface area contributed by atoms with Crippen molar-refractivity contribution in [1.29, 1.82) is 0 Å². The molecule has 2 aliphatic rings. The van der Waals surface area contributed by atoms with Crippen LogP contribution >= 0.6 is 0 Å². The van der Waals surface area contributed by atoms with Crippen LogP contribution in [-0.2, 0) is 10.2 Å². The van der Waals surface area contributed by atoms with Gasteiger partial charge in [-0.2, -0.15) is 5.10 Å². The zero-order valence-corrected chi connectivity index (χ0v) is 24.2. The molecule has 0 spiro atoms. The Labute approximate surface area is 235 Å². The molecule has 1 saturated heterocycles. The summed E-state index contributed by atoms with van der Waals surface area (Å²) in [6.45, 7) is 14.2. The fourth-order valence-corrected chi connectivity index (χ4v) is 4.66. The van der Waals surface area contributed by atoms with Gasteiger partial charge >= 0.3 is 12.1 Å². The molecule has 3 aromatic rings. The maximum Gasteiger partial charge on any atom is 0.410 e. The second-order valence-electron chi connectivity index (χ2n) is 12.1. The van der Waals surface area contributed by atoms with Crippen molar-refractivity contribution < 1.29 is 14.3 Å². The third kappa shape index (κ3) is 6.21. The summed E-state index contributed by atoms with van der Waals surface area (Å²) in [5.74, 6) is 1.43. The first-order valence-corrected chi connectivity index (χ1v) is 13.9. The molecule has 2 aromatic heterocycles. The Morgan fingerprint density at radius 1 is 0.950 bits per heavy atom. The third-order valence-corrected chi connectivity index (χ3v) is 7.42. The van der Waals surface area contributed by atoms with Gasteiger partial charge in [0.2, 0.25) is 0 Å². The van der Waals surface area contributed by atoms with E-state index in [1.54, 1.807) is 9.58 Å². The van der Waals surface area contributed by atoms with Gasteiger partial charge in [-0.3, -0.25) is 5.32 Å². The number of hydrogen-bond acceptors (Lipinski definition) is 6. The number of aryl methyl sites for hydroxylation is 2. The Morgan fingerprint density at radius 3 is 2.23 bits per heavy atom. The van der Waals surface area contributed by atoms with Gasteiger partial charge in [-0.05, 0) is 71.7 Å². The van der Waals surface area contributed by atoms with E-state index in [1.807, 2.05) is 77.1 Å². The van der Waals surface area contributed by atoms with Gasteiger partial charge in [0.1, 0.15) is 17.2 Å². The predicted molar refractivity (Wildman–Crippen MR) is 157 cm³/mol. The molecule has 212 valence electrons. The number of rotatable bonds is 5. The van der Waals surface area contributed by atoms with Crippen LogP contribution in [0.4, 0.5) is 26.9 Å². The van der Waals surface area contributed by atoms with Gasteiger partial charge in [-0.1, -0.05) is 24.6 Å². The van der Waals surface area contributed by atoms with Crippen molar-refractivity contribution >= 4 is 29.4 Å². The molecule has 5 rings (SSSR count). The molecule has 1 saturated carbocycles. The number of urea groups is 1. The molecule has 0 unspecified atom stereocenters. The summed E-state index contributed by atoms with van der Waals surface area (Å²) in [5.41, 5.74) is 3.93. The number of hydrogen-bond donors (Lipinski definition) is 2. The van der Waals surface area contributed by atoms with Crippen molar-refractivity contribution in [2.75, 3.05) is 41.7 Å². The van der Waals surface area contributed by atoms with Gasteiger partial charge < -0.3 is 19.9 Å². The second-order valence-corrected chi connectivity index (χ2v) is 12.1. The fourth-order valence-electron chi connectivity index (χ4n) is 4.66. The highest BCUT2D eigenvalue weighted by atomic mass is 16.6. The lowest BCUT2D eigenvalue weighted by atomic mass is 10.1. The van der Waals surface area contributed by atoms with E-state index in [1.165, 1.54) is 0 Å². The largest absolute Gasteiger partial charge is 0.444 e. The van der Waals surface area contributed by atoms with Crippen LogP contribution in [0.5, 0.6) is 0 Å². The number of amides is 3. The summed E-state index contributed by atoms with van der Waals surface area (Å²) in [6, 6.07) is 13.5. The maximum absolute atomic E-state index is 13.1. The molecule has 10 nitrogen and oxygen atoms in total. The van der Waals surface area contributed by atoms with Gasteiger partial charge in [0.15, 0.2) is 0 Å². The van der Waals surface area contributed by atoms with E-state index in [0.29, 0.717) is 43.4 Å². The molecular formula is C30H39N7O3. The summed E-state index contributed by atoms with van der Waals surface area (Å²) < 4.78 is 7.29. The molecular weight excluding hydrogens is 506 g/mol. The van der Waals surface area contributed by atoms with E-state index in [-0.39, 0.29) is 17.5 Å². The summed E-state index contributed by atoms with van der Waals surface area (Å²) in [4.78, 5) is 34.1. The smallest absolute Gasteiger partial charge is 0.410 e. The minimum atomic E-state index is -0.514. The van der Waals surface area contributed by atoms with Crippen LogP contribution in [0, 0.1) is 13.8 Å². The van der Waals surface area contributed by atoms with Gasteiger partial charge in [0, 0.05) is 37.7 Å². The molecule has 10 heteroatoms. The summed E-state index contributed by atoms with van der Waals surface area (Å²) in [5, 5.41) is 10.8. The Hall–Kier alpha value is -4.08. The lowest BCUT2D eigenvalue weighted by molar-refractivity contribution is 0.0240. The summed E-state index contributed by atoms with van der Waals surface area (Å²) in [7, 11) is 0. The molecule has 2 fully saturated rings. The molecule has 3 heterocycles. The average molecular weight is 546 g/mol. The number of ether oxygens (including phenoxy) is 1. The molecule has 3 amide bonds. The van der Waals surface area contributed by atoms with Gasteiger partial charge in [0.05, 0.1) is 22.8 Å². The highest BCUT2D eigenvalue weighted by Crippen LogP contribution is 2.47. The van der Waals surface area contributed by atoms with Crippen molar-refractivity contribution in [1.82, 2.24) is 19.7 Å². The predicted octanol–water partition coefficient (Wildman–Crippen LogP) is 5.64. The third-order valence-electron chi connectivity index (χ3n) is 7.42. The Morgan fingerprint density at radius 2 is 1.62 bits per heavy atom. The van der Waals surface area contributed by atoms with E-state index < -0.39 is 5.60 Å². The minimum Gasteiger partial charge on any atom is -0.444 e. The van der Waals surface area contributed by atoms with Crippen LogP contribution in [0.1, 0.15) is 57.5 Å². The minimum absolute atomic E-state index is 0.0670. The van der Waals surface area contributed by atoms with Gasteiger partial charge in [0.25, 0.3) is 0 Å². The second kappa shape index (κ2) is 10.5. The van der Waals surface area contributed by atoms with Crippen molar-refractivity contribution in [2.24, 2.45) is 0 Å². The lowest BCUT2D eigenvalue weighted by Crippen LogP contribution is -2.50. The Kier molecular flexibility index (Phi) is 7.20. The number of benzene rings is 1. The number of carbonyl (C=O) groups is 2. The van der Waals surface area contributed by atoms with E-state index >= 15 is 0 Å². The zero-order valence-electron chi connectivity index (χ0n) is 24.2. The van der Waals surface area contributed by atoms with Crippen molar-refractivity contribution in [3.05, 3.63) is 59.4 Å². The highest BCUT2D eigenvalue weighted by molar-refractivity contribution is 5.99. The van der Waals surface area contributed by atoms with Crippen molar-refractivity contribution in [2.45, 2.75) is 65.4 Å². The molecule has 1 aliphatic heterocycles. The van der Waals surface area contributed by atoms with E-state index in [0.717, 1.165) is 35.6 Å².